The Morgan fingerprint density at radius 2 is 1.76 bits per heavy atom. The number of rotatable bonds is 7. The van der Waals surface area contributed by atoms with Gasteiger partial charge in [-0.25, -0.2) is 18.5 Å². The highest BCUT2D eigenvalue weighted by Crippen LogP contribution is 2.54. The molecular weight excluding hydrogens is 605 g/mol. The Balaban J connectivity index is 1.33. The summed E-state index contributed by atoms with van der Waals surface area (Å²) in [5.74, 6) is -1.95. The molecule has 4 heterocycles. The van der Waals surface area contributed by atoms with Gasteiger partial charge in [0.05, 0.1) is 45.7 Å². The van der Waals surface area contributed by atoms with Crippen molar-refractivity contribution in [2.75, 3.05) is 17.3 Å². The molecule has 3 N–H and O–H groups in total. The van der Waals surface area contributed by atoms with E-state index in [0.29, 0.717) is 32.8 Å². The molecule has 3 amide bonds. The fourth-order valence-corrected chi connectivity index (χ4v) is 8.36. The molecule has 15 heteroatoms. The molecule has 2 aromatic carbocycles. The van der Waals surface area contributed by atoms with Crippen LogP contribution in [0.3, 0.4) is 0 Å². The summed E-state index contributed by atoms with van der Waals surface area (Å²) in [7, 11) is -2.38. The Labute approximate surface area is 247 Å². The normalized spacial score (nSPS) is 19.9. The number of hydrogen-bond donors (Lipinski definition) is 2. The number of carbonyl (C=O) groups is 3. The summed E-state index contributed by atoms with van der Waals surface area (Å²) in [6.07, 6.45) is 1.46. The number of fused-ring (bicyclic) bond motifs is 2. The van der Waals surface area contributed by atoms with Gasteiger partial charge < -0.3 is 14.5 Å². The van der Waals surface area contributed by atoms with Gasteiger partial charge in [-0.3, -0.25) is 23.7 Å². The van der Waals surface area contributed by atoms with Crippen LogP contribution in [-0.2, 0) is 31.0 Å². The van der Waals surface area contributed by atoms with Crippen molar-refractivity contribution in [3.8, 4) is 5.75 Å². The standard InChI is InChI=1S/C27H22N4O8S3/c1-38-16-8-6-15(7-9-16)31-24(33)21-20(18-3-2-12-39-18)23-26(40-22(21)25(31)34)30(27(35)41-23)13-19(32)29-14-4-10-17(11-5-14)42(28,36)37/h2-12,20-22H,13H2,1H3,(H,29,32)(H2,28,36,37)/t20-,21-,22+/m0/s1. The Morgan fingerprint density at radius 1 is 1.05 bits per heavy atom. The molecule has 0 aliphatic carbocycles. The highest BCUT2D eigenvalue weighted by atomic mass is 32.2. The van der Waals surface area contributed by atoms with Crippen LogP contribution in [0.5, 0.6) is 5.75 Å². The zero-order valence-corrected chi connectivity index (χ0v) is 24.2. The second-order valence-corrected chi connectivity index (χ2v) is 13.2. The van der Waals surface area contributed by atoms with E-state index in [-0.39, 0.29) is 11.4 Å². The number of imide groups is 1. The minimum absolute atomic E-state index is 0.113. The van der Waals surface area contributed by atoms with Gasteiger partial charge in [0, 0.05) is 5.69 Å². The first-order valence-electron chi connectivity index (χ1n) is 12.4. The summed E-state index contributed by atoms with van der Waals surface area (Å²) in [5, 5.41) is 7.30. The summed E-state index contributed by atoms with van der Waals surface area (Å²) < 4.78 is 35.2. The number of nitrogens with two attached hydrogens (primary N) is 1. The molecule has 0 unspecified atom stereocenters. The summed E-state index contributed by atoms with van der Waals surface area (Å²) in [6, 6.07) is 15.2. The van der Waals surface area contributed by atoms with E-state index in [1.165, 1.54) is 42.2 Å². The third kappa shape index (κ3) is 4.83. The van der Waals surface area contributed by atoms with Gasteiger partial charge in [0.1, 0.15) is 23.3 Å². The Morgan fingerprint density at radius 3 is 2.38 bits per heavy atom. The largest absolute Gasteiger partial charge is 0.497 e. The Bertz CT molecular complexity index is 1860. The number of nitrogens with one attached hydrogen (secondary N) is 1. The molecule has 4 aromatic rings. The van der Waals surface area contributed by atoms with Crippen LogP contribution in [-0.4, -0.2) is 43.1 Å². The van der Waals surface area contributed by atoms with E-state index in [2.05, 4.69) is 5.32 Å². The van der Waals surface area contributed by atoms with Crippen molar-refractivity contribution in [3.05, 3.63) is 87.2 Å². The van der Waals surface area contributed by atoms with Gasteiger partial charge >= 0.3 is 4.87 Å². The number of aromatic nitrogens is 1. The maximum absolute atomic E-state index is 13.8. The lowest BCUT2D eigenvalue weighted by atomic mass is 9.87. The molecule has 1 saturated heterocycles. The molecule has 3 atom stereocenters. The summed E-state index contributed by atoms with van der Waals surface area (Å²) in [6.45, 7) is -0.374. The van der Waals surface area contributed by atoms with Crippen LogP contribution >= 0.6 is 23.1 Å². The molecule has 2 aliphatic rings. The number of thiazole rings is 1. The molecule has 216 valence electrons. The van der Waals surface area contributed by atoms with Crippen molar-refractivity contribution >= 4 is 62.2 Å². The summed E-state index contributed by atoms with van der Waals surface area (Å²) >= 11 is 1.98. The molecule has 42 heavy (non-hydrogen) atoms. The van der Waals surface area contributed by atoms with Gasteiger partial charge in [0.25, 0.3) is 0 Å². The fraction of sp³-hybridized carbons (Fsp3) is 0.185. The van der Waals surface area contributed by atoms with Gasteiger partial charge in [-0.1, -0.05) is 23.1 Å². The predicted molar refractivity (Wildman–Crippen MR) is 154 cm³/mol. The van der Waals surface area contributed by atoms with Gasteiger partial charge in [0.2, 0.25) is 27.7 Å². The number of anilines is 2. The number of primary sulfonamides is 1. The van der Waals surface area contributed by atoms with Gasteiger partial charge in [-0.05, 0) is 60.7 Å². The highest BCUT2D eigenvalue weighted by Gasteiger charge is 2.57. The minimum atomic E-state index is -3.90. The van der Waals surface area contributed by atoms with E-state index in [4.69, 9.17) is 14.3 Å². The lowest BCUT2D eigenvalue weighted by molar-refractivity contribution is -0.122. The van der Waals surface area contributed by atoms with E-state index in [9.17, 15) is 27.6 Å². The number of hydrogen-bond acceptors (Lipinski definition) is 10. The molecular formula is C27H22N4O8S3. The maximum Gasteiger partial charge on any atom is 0.308 e. The quantitative estimate of drug-likeness (QED) is 0.293. The third-order valence-corrected chi connectivity index (χ3v) is 10.5. The van der Waals surface area contributed by atoms with Gasteiger partial charge in [-0.15, -0.1) is 0 Å². The number of thioether (sulfide) groups is 1. The molecule has 2 aliphatic heterocycles. The van der Waals surface area contributed by atoms with Gasteiger partial charge in [-0.2, -0.15) is 0 Å². The predicted octanol–water partition coefficient (Wildman–Crippen LogP) is 2.59. The second kappa shape index (κ2) is 10.6. The molecule has 2 aromatic heterocycles. The molecule has 0 spiro atoms. The number of amides is 3. The third-order valence-electron chi connectivity index (χ3n) is 7.00. The smallest absolute Gasteiger partial charge is 0.308 e. The van der Waals surface area contributed by atoms with Crippen molar-refractivity contribution in [2.45, 2.75) is 27.6 Å². The molecule has 1 fully saturated rings. The van der Waals surface area contributed by atoms with Crippen LogP contribution in [0, 0.1) is 5.92 Å². The first-order valence-corrected chi connectivity index (χ1v) is 15.7. The van der Waals surface area contributed by atoms with Crippen LogP contribution in [0.25, 0.3) is 0 Å². The first-order chi connectivity index (χ1) is 20.1. The van der Waals surface area contributed by atoms with Crippen LogP contribution in [0.1, 0.15) is 16.6 Å². The number of ether oxygens (including phenoxy) is 1. The highest BCUT2D eigenvalue weighted by molar-refractivity contribution is 8.00. The molecule has 12 nitrogen and oxygen atoms in total. The van der Waals surface area contributed by atoms with Crippen LogP contribution in [0.4, 0.5) is 11.4 Å². The van der Waals surface area contributed by atoms with E-state index in [1.807, 2.05) is 0 Å². The average Bonchev–Trinajstić information content (AvgIpc) is 3.66. The van der Waals surface area contributed by atoms with Crippen LogP contribution in [0.2, 0.25) is 0 Å². The summed E-state index contributed by atoms with van der Waals surface area (Å²) in [4.78, 5) is 54.8. The SMILES string of the molecule is COc1ccc(N2C(=O)[C@H]3[C@H](c4ccco4)c4sc(=O)n(CC(=O)Nc5ccc(S(N)(=O)=O)cc5)c4S[C@H]3C2=O)cc1. The zero-order chi connectivity index (χ0) is 29.8. The van der Waals surface area contributed by atoms with E-state index >= 15 is 0 Å². The number of nitrogens with zero attached hydrogens (tertiary/aromatic N) is 2. The number of sulfonamides is 1. The Hall–Kier alpha value is -4.18. The minimum Gasteiger partial charge on any atom is -0.497 e. The van der Waals surface area contributed by atoms with E-state index < -0.39 is 49.7 Å². The second-order valence-electron chi connectivity index (χ2n) is 9.51. The van der Waals surface area contributed by atoms with Crippen LogP contribution < -0.4 is 25.0 Å². The molecule has 0 bridgehead atoms. The van der Waals surface area contributed by atoms with Crippen molar-refractivity contribution in [3.63, 3.8) is 0 Å². The van der Waals surface area contributed by atoms with E-state index in [0.717, 1.165) is 28.0 Å². The zero-order valence-electron chi connectivity index (χ0n) is 21.8. The lowest BCUT2D eigenvalue weighted by Gasteiger charge is -2.29. The fourth-order valence-electron chi connectivity index (χ4n) is 5.09. The van der Waals surface area contributed by atoms with Crippen molar-refractivity contribution in [1.82, 2.24) is 4.57 Å². The van der Waals surface area contributed by atoms with Gasteiger partial charge in [0.15, 0.2) is 0 Å². The molecule has 0 radical (unpaired) electrons. The molecule has 6 rings (SSSR count). The first kappa shape index (κ1) is 28.0. The topological polar surface area (TPSA) is 171 Å². The number of furan rings is 1. The van der Waals surface area contributed by atoms with Crippen LogP contribution in [0.15, 0.2) is 86.1 Å². The Kier molecular flexibility index (Phi) is 7.04. The number of benzene rings is 2. The summed E-state index contributed by atoms with van der Waals surface area (Å²) in [5.41, 5.74) is 0.699. The molecule has 0 saturated carbocycles. The van der Waals surface area contributed by atoms with Crippen molar-refractivity contribution in [2.24, 2.45) is 11.1 Å². The maximum atomic E-state index is 13.8. The lowest BCUT2D eigenvalue weighted by Crippen LogP contribution is -2.32. The monoisotopic (exact) mass is 626 g/mol. The van der Waals surface area contributed by atoms with Crippen molar-refractivity contribution in [1.29, 1.82) is 0 Å². The number of carbonyl (C=O) groups excluding carboxylic acids is 3. The average molecular weight is 627 g/mol. The van der Waals surface area contributed by atoms with Crippen molar-refractivity contribution < 1.29 is 32.0 Å². The number of methoxy groups -OCH3 is 1. The van der Waals surface area contributed by atoms with E-state index in [1.54, 1.807) is 36.4 Å².